The van der Waals surface area contributed by atoms with Gasteiger partial charge in [0.15, 0.2) is 0 Å². The van der Waals surface area contributed by atoms with Gasteiger partial charge < -0.3 is 10.4 Å². The van der Waals surface area contributed by atoms with E-state index >= 15 is 0 Å². The number of carbonyl (C=O) groups excluding carboxylic acids is 3. The highest BCUT2D eigenvalue weighted by atomic mass is 35.5. The number of anilines is 1. The van der Waals surface area contributed by atoms with Gasteiger partial charge in [-0.3, -0.25) is 24.8 Å². The minimum Gasteiger partial charge on any atom is -0.506 e. The van der Waals surface area contributed by atoms with Crippen molar-refractivity contribution in [3.8, 4) is 5.75 Å². The molecule has 2 aliphatic rings. The summed E-state index contributed by atoms with van der Waals surface area (Å²) in [6.45, 7) is 1.98. The van der Waals surface area contributed by atoms with Crippen LogP contribution >= 0.6 is 23.2 Å². The number of nitrogens with zero attached hydrogens (tertiary/aromatic N) is 2. The van der Waals surface area contributed by atoms with Crippen molar-refractivity contribution in [3.05, 3.63) is 34.6 Å². The van der Waals surface area contributed by atoms with E-state index in [1.165, 1.54) is 12.5 Å². The molecule has 11 heteroatoms. The van der Waals surface area contributed by atoms with Crippen molar-refractivity contribution >= 4 is 46.6 Å². The van der Waals surface area contributed by atoms with E-state index in [2.05, 4.69) is 26.0 Å². The van der Waals surface area contributed by atoms with Crippen molar-refractivity contribution in [2.45, 2.75) is 58.3 Å². The van der Waals surface area contributed by atoms with E-state index < -0.39 is 0 Å². The number of aromatic hydroxyl groups is 1. The summed E-state index contributed by atoms with van der Waals surface area (Å²) in [5.74, 6) is -0.396. The van der Waals surface area contributed by atoms with Gasteiger partial charge >= 0.3 is 0 Å². The molecule has 4 N–H and O–H groups in total. The van der Waals surface area contributed by atoms with Crippen LogP contribution in [0.3, 0.4) is 0 Å². The van der Waals surface area contributed by atoms with Crippen molar-refractivity contribution in [3.63, 3.8) is 0 Å². The lowest BCUT2D eigenvalue weighted by atomic mass is 9.75. The molecular formula is C21H27Cl2N5O4. The third-order valence-corrected chi connectivity index (χ3v) is 6.11. The van der Waals surface area contributed by atoms with Crippen LogP contribution in [0.5, 0.6) is 5.75 Å². The van der Waals surface area contributed by atoms with Crippen LogP contribution in [0.1, 0.15) is 58.3 Å². The number of carbonyl (C=O) groups is 3. The predicted molar refractivity (Wildman–Crippen MR) is 121 cm³/mol. The molecule has 4 rings (SSSR count). The summed E-state index contributed by atoms with van der Waals surface area (Å²) in [6.07, 6.45) is 10.1. The molecule has 1 aliphatic heterocycles. The summed E-state index contributed by atoms with van der Waals surface area (Å²) in [6, 6.07) is 2.99. The second-order valence-electron chi connectivity index (χ2n) is 7.82. The number of halogens is 2. The molecule has 2 heterocycles. The first-order valence-electron chi connectivity index (χ1n) is 10.3. The zero-order valence-corrected chi connectivity index (χ0v) is 19.3. The predicted octanol–water partition coefficient (Wildman–Crippen LogP) is 4.23. The first-order chi connectivity index (χ1) is 15.2. The van der Waals surface area contributed by atoms with Gasteiger partial charge in [0.1, 0.15) is 10.8 Å². The van der Waals surface area contributed by atoms with E-state index in [0.29, 0.717) is 24.9 Å². The molecular weight excluding hydrogens is 457 g/mol. The molecule has 32 heavy (non-hydrogen) atoms. The Balaban J connectivity index is 0.000000226. The highest BCUT2D eigenvalue weighted by Crippen LogP contribution is 2.40. The molecule has 1 aromatic heterocycles. The van der Waals surface area contributed by atoms with Gasteiger partial charge in [-0.15, -0.1) is 5.10 Å². The summed E-state index contributed by atoms with van der Waals surface area (Å²) in [4.78, 5) is 33.0. The summed E-state index contributed by atoms with van der Waals surface area (Å²) >= 11 is 11.9. The van der Waals surface area contributed by atoms with E-state index in [0.717, 1.165) is 25.7 Å². The summed E-state index contributed by atoms with van der Waals surface area (Å²) < 4.78 is 0. The molecule has 2 aromatic rings. The molecule has 0 spiro atoms. The average molecular weight is 484 g/mol. The number of benzene rings is 1. The molecule has 1 saturated carbocycles. The lowest BCUT2D eigenvalue weighted by molar-refractivity contribution is -0.133. The second kappa shape index (κ2) is 12.4. The zero-order valence-electron chi connectivity index (χ0n) is 17.8. The first kappa shape index (κ1) is 25.6. The molecule has 1 aliphatic carbocycles. The van der Waals surface area contributed by atoms with Gasteiger partial charge in [-0.05, 0) is 31.4 Å². The number of aromatic amines is 1. The van der Waals surface area contributed by atoms with Crippen LogP contribution in [-0.2, 0) is 14.4 Å². The number of imide groups is 1. The van der Waals surface area contributed by atoms with E-state index in [1.54, 1.807) is 18.5 Å². The van der Waals surface area contributed by atoms with Crippen LogP contribution in [0, 0.1) is 5.41 Å². The molecule has 2 fully saturated rings. The first-order valence-corrected chi connectivity index (χ1v) is 11.1. The number of H-pyrrole nitrogens is 1. The van der Waals surface area contributed by atoms with E-state index in [-0.39, 0.29) is 38.9 Å². The fraction of sp³-hybridized carbons (Fsp3) is 0.476. The van der Waals surface area contributed by atoms with Crippen LogP contribution < -0.4 is 10.6 Å². The van der Waals surface area contributed by atoms with Crippen LogP contribution in [0.25, 0.3) is 0 Å². The molecule has 0 radical (unpaired) electrons. The molecule has 1 saturated heterocycles. The molecule has 9 nitrogen and oxygen atoms in total. The van der Waals surface area contributed by atoms with Gasteiger partial charge in [-0.25, -0.2) is 0 Å². The second-order valence-corrected chi connectivity index (χ2v) is 8.58. The monoisotopic (exact) mass is 483 g/mol. The van der Waals surface area contributed by atoms with E-state index in [9.17, 15) is 19.5 Å². The molecule has 0 bridgehead atoms. The third-order valence-electron chi connectivity index (χ3n) is 5.23. The topological polar surface area (TPSA) is 137 Å². The van der Waals surface area contributed by atoms with Gasteiger partial charge in [-0.2, -0.15) is 0 Å². The number of phenolic OH excluding ortho intramolecular Hbond substituents is 1. The van der Waals surface area contributed by atoms with Crippen molar-refractivity contribution < 1.29 is 19.5 Å². The number of hydrogen-bond donors (Lipinski definition) is 4. The fourth-order valence-corrected chi connectivity index (χ4v) is 3.70. The summed E-state index contributed by atoms with van der Waals surface area (Å²) in [5, 5.41) is 24.0. The third kappa shape index (κ3) is 7.80. The molecule has 3 amide bonds. The zero-order chi connectivity index (χ0) is 23.6. The Bertz CT molecular complexity index is 884. The normalized spacial score (nSPS) is 17.1. The largest absolute Gasteiger partial charge is 0.506 e. The Morgan fingerprint density at radius 1 is 1.06 bits per heavy atom. The Hall–Kier alpha value is -2.65. The average Bonchev–Trinajstić information content (AvgIpc) is 3.35. The lowest BCUT2D eigenvalue weighted by Gasteiger charge is -2.32. The maximum Gasteiger partial charge on any atom is 0.230 e. The minimum atomic E-state index is -0.341. The van der Waals surface area contributed by atoms with Crippen molar-refractivity contribution in [1.82, 2.24) is 20.7 Å². The maximum absolute atomic E-state index is 12.4. The van der Waals surface area contributed by atoms with Crippen molar-refractivity contribution in [2.75, 3.05) is 5.32 Å². The van der Waals surface area contributed by atoms with Gasteiger partial charge in [0.05, 0.1) is 16.9 Å². The van der Waals surface area contributed by atoms with Crippen LogP contribution in [0.4, 0.5) is 5.69 Å². The lowest BCUT2D eigenvalue weighted by Crippen LogP contribution is -2.35. The van der Waals surface area contributed by atoms with Crippen LogP contribution in [0.15, 0.2) is 24.5 Å². The Kier molecular flexibility index (Phi) is 9.93. The van der Waals surface area contributed by atoms with Gasteiger partial charge in [0.25, 0.3) is 0 Å². The van der Waals surface area contributed by atoms with Crippen LogP contribution in [-0.4, -0.2) is 38.2 Å². The SMILES string of the molecule is CC1(C(=O)Nc2ccc(O)c(Cl)c2Cl)CCCCC1.O=C1CCCC(=O)N1.c1c[nH]nn1. The van der Waals surface area contributed by atoms with Gasteiger partial charge in [-0.1, -0.05) is 54.6 Å². The number of amides is 3. The highest BCUT2D eigenvalue weighted by Gasteiger charge is 2.34. The Morgan fingerprint density at radius 3 is 2.19 bits per heavy atom. The number of aromatic nitrogens is 3. The van der Waals surface area contributed by atoms with E-state index in [4.69, 9.17) is 23.2 Å². The maximum atomic E-state index is 12.4. The Labute approximate surface area is 196 Å². The number of rotatable bonds is 2. The van der Waals surface area contributed by atoms with Crippen LogP contribution in [0.2, 0.25) is 10.0 Å². The molecule has 0 atom stereocenters. The highest BCUT2D eigenvalue weighted by molar-refractivity contribution is 6.44. The smallest absolute Gasteiger partial charge is 0.230 e. The van der Waals surface area contributed by atoms with E-state index in [1.807, 2.05) is 6.92 Å². The molecule has 0 unspecified atom stereocenters. The number of nitrogens with one attached hydrogen (secondary N) is 3. The summed E-state index contributed by atoms with van der Waals surface area (Å²) in [7, 11) is 0. The molecule has 174 valence electrons. The Morgan fingerprint density at radius 2 is 1.72 bits per heavy atom. The van der Waals surface area contributed by atoms with Gasteiger partial charge in [0.2, 0.25) is 17.7 Å². The number of piperidine rings is 1. The number of hydrogen-bond acceptors (Lipinski definition) is 6. The van der Waals surface area contributed by atoms with Crippen molar-refractivity contribution in [1.29, 1.82) is 0 Å². The summed E-state index contributed by atoms with van der Waals surface area (Å²) in [5.41, 5.74) is 0.104. The standard InChI is InChI=1S/C14H17Cl2NO2.C5H7NO2.C2H3N3/c1-14(7-3-2-4-8-14)13(19)17-9-5-6-10(18)12(16)11(9)15;7-4-2-1-3-5(8)6-4;1-2-4-5-3-1/h5-6,18H,2-4,7-8H2,1H3,(H,17,19);1-3H2,(H,6,7,8);1-2H,(H,3,4,5). The van der Waals surface area contributed by atoms with Gasteiger partial charge in [0, 0.05) is 24.5 Å². The minimum absolute atomic E-state index is 0.0316. The number of phenols is 1. The fourth-order valence-electron chi connectivity index (χ4n) is 3.32. The van der Waals surface area contributed by atoms with Crippen molar-refractivity contribution in [2.24, 2.45) is 5.41 Å². The quantitative estimate of drug-likeness (QED) is 0.372. The molecule has 1 aromatic carbocycles.